The number of amides is 3. The third-order valence-electron chi connectivity index (χ3n) is 3.13. The molecule has 0 radical (unpaired) electrons. The standard InChI is InChI=1S/C16H20N4O3/c1-3-17-15(21)20-14-8-11-6-5-7-12(13(11)10-18-14)9-19-16(22)23-4-2/h5-8,10H,3-4,9H2,1-2H3,(H,19,22)(H2,17,18,20,21). The van der Waals surface area contributed by atoms with Gasteiger partial charge in [0.2, 0.25) is 0 Å². The topological polar surface area (TPSA) is 92.4 Å². The van der Waals surface area contributed by atoms with Gasteiger partial charge < -0.3 is 15.4 Å². The molecule has 122 valence electrons. The molecule has 7 nitrogen and oxygen atoms in total. The molecule has 1 aromatic carbocycles. The van der Waals surface area contributed by atoms with Crippen LogP contribution in [0.15, 0.2) is 30.5 Å². The van der Waals surface area contributed by atoms with Crippen LogP contribution >= 0.6 is 0 Å². The minimum atomic E-state index is -0.452. The van der Waals surface area contributed by atoms with Crippen LogP contribution in [0.5, 0.6) is 0 Å². The van der Waals surface area contributed by atoms with E-state index in [1.54, 1.807) is 19.2 Å². The fourth-order valence-corrected chi connectivity index (χ4v) is 2.13. The first-order valence-electron chi connectivity index (χ1n) is 7.47. The number of carbonyl (C=O) groups is 2. The van der Waals surface area contributed by atoms with Crippen LogP contribution in [0.3, 0.4) is 0 Å². The largest absolute Gasteiger partial charge is 0.450 e. The first-order chi connectivity index (χ1) is 11.1. The number of urea groups is 1. The minimum absolute atomic E-state index is 0.292. The van der Waals surface area contributed by atoms with E-state index >= 15 is 0 Å². The Morgan fingerprint density at radius 3 is 2.78 bits per heavy atom. The number of nitrogens with zero attached hydrogens (tertiary/aromatic N) is 1. The number of carbonyl (C=O) groups excluding carboxylic acids is 2. The van der Waals surface area contributed by atoms with E-state index < -0.39 is 6.09 Å². The Bertz CT molecular complexity index is 703. The van der Waals surface area contributed by atoms with Crippen LogP contribution in [0.2, 0.25) is 0 Å². The summed E-state index contributed by atoms with van der Waals surface area (Å²) in [7, 11) is 0. The van der Waals surface area contributed by atoms with E-state index in [0.29, 0.717) is 25.5 Å². The molecule has 0 aliphatic rings. The second kappa shape index (κ2) is 7.98. The number of benzene rings is 1. The fraction of sp³-hybridized carbons (Fsp3) is 0.312. The van der Waals surface area contributed by atoms with Crippen LogP contribution in [-0.4, -0.2) is 30.3 Å². The van der Waals surface area contributed by atoms with Crippen molar-refractivity contribution in [3.63, 3.8) is 0 Å². The van der Waals surface area contributed by atoms with Gasteiger partial charge in [0.05, 0.1) is 6.61 Å². The molecule has 0 spiro atoms. The van der Waals surface area contributed by atoms with E-state index in [1.807, 2.05) is 25.1 Å². The van der Waals surface area contributed by atoms with Crippen molar-refractivity contribution in [3.8, 4) is 0 Å². The van der Waals surface area contributed by atoms with Gasteiger partial charge in [-0.15, -0.1) is 0 Å². The van der Waals surface area contributed by atoms with Gasteiger partial charge in [0.25, 0.3) is 0 Å². The summed E-state index contributed by atoms with van der Waals surface area (Å²) in [5.74, 6) is 0.471. The summed E-state index contributed by atoms with van der Waals surface area (Å²) in [4.78, 5) is 27.2. The van der Waals surface area contributed by atoms with E-state index in [9.17, 15) is 9.59 Å². The molecule has 7 heteroatoms. The predicted molar refractivity (Wildman–Crippen MR) is 88.3 cm³/mol. The second-order valence-corrected chi connectivity index (χ2v) is 4.77. The molecule has 3 amide bonds. The number of ether oxygens (including phenoxy) is 1. The summed E-state index contributed by atoms with van der Waals surface area (Å²) in [5.41, 5.74) is 0.924. The summed E-state index contributed by atoms with van der Waals surface area (Å²) in [6, 6.07) is 7.22. The monoisotopic (exact) mass is 316 g/mol. The summed E-state index contributed by atoms with van der Waals surface area (Å²) in [6.45, 7) is 4.82. The zero-order chi connectivity index (χ0) is 16.7. The van der Waals surface area contributed by atoms with Gasteiger partial charge >= 0.3 is 12.1 Å². The van der Waals surface area contributed by atoms with Gasteiger partial charge in [-0.05, 0) is 30.9 Å². The van der Waals surface area contributed by atoms with Crippen LogP contribution in [0.1, 0.15) is 19.4 Å². The molecule has 0 saturated carbocycles. The van der Waals surface area contributed by atoms with Crippen molar-refractivity contribution in [2.75, 3.05) is 18.5 Å². The molecule has 0 fully saturated rings. The molecular weight excluding hydrogens is 296 g/mol. The number of nitrogens with one attached hydrogen (secondary N) is 3. The van der Waals surface area contributed by atoms with Gasteiger partial charge in [-0.2, -0.15) is 0 Å². The van der Waals surface area contributed by atoms with Crippen molar-refractivity contribution in [2.45, 2.75) is 20.4 Å². The zero-order valence-corrected chi connectivity index (χ0v) is 13.2. The Hall–Kier alpha value is -2.83. The van der Waals surface area contributed by atoms with Crippen molar-refractivity contribution >= 4 is 28.7 Å². The fourth-order valence-electron chi connectivity index (χ4n) is 2.13. The van der Waals surface area contributed by atoms with Gasteiger partial charge in [0.1, 0.15) is 5.82 Å². The van der Waals surface area contributed by atoms with Gasteiger partial charge in [0, 0.05) is 24.7 Å². The molecule has 3 N–H and O–H groups in total. The maximum absolute atomic E-state index is 11.5. The molecule has 23 heavy (non-hydrogen) atoms. The number of pyridine rings is 1. The molecule has 0 unspecified atom stereocenters. The maximum atomic E-state index is 11.5. The van der Waals surface area contributed by atoms with Gasteiger partial charge in [-0.25, -0.2) is 14.6 Å². The third kappa shape index (κ3) is 4.57. The van der Waals surface area contributed by atoms with E-state index in [0.717, 1.165) is 16.3 Å². The van der Waals surface area contributed by atoms with Crippen molar-refractivity contribution in [3.05, 3.63) is 36.0 Å². The molecule has 2 aromatic rings. The van der Waals surface area contributed by atoms with Crippen LogP contribution in [0.25, 0.3) is 10.8 Å². The highest BCUT2D eigenvalue weighted by Gasteiger charge is 2.07. The molecule has 0 aliphatic heterocycles. The second-order valence-electron chi connectivity index (χ2n) is 4.77. The number of fused-ring (bicyclic) bond motifs is 1. The normalized spacial score (nSPS) is 10.2. The summed E-state index contributed by atoms with van der Waals surface area (Å²) in [5, 5.41) is 9.84. The number of alkyl carbamates (subject to hydrolysis) is 1. The first kappa shape index (κ1) is 16.5. The number of rotatable bonds is 5. The molecule has 2 rings (SSSR count). The van der Waals surface area contributed by atoms with Crippen LogP contribution in [0, 0.1) is 0 Å². The van der Waals surface area contributed by atoms with Crippen molar-refractivity contribution in [1.82, 2.24) is 15.6 Å². The number of hydrogen-bond acceptors (Lipinski definition) is 4. The number of anilines is 1. The zero-order valence-electron chi connectivity index (χ0n) is 13.2. The Morgan fingerprint density at radius 1 is 1.22 bits per heavy atom. The Kier molecular flexibility index (Phi) is 5.74. The molecule has 0 bridgehead atoms. The van der Waals surface area contributed by atoms with Crippen LogP contribution in [0.4, 0.5) is 15.4 Å². The van der Waals surface area contributed by atoms with E-state index in [1.165, 1.54) is 0 Å². The van der Waals surface area contributed by atoms with E-state index in [-0.39, 0.29) is 6.03 Å². The lowest BCUT2D eigenvalue weighted by Gasteiger charge is -2.10. The quantitative estimate of drug-likeness (QED) is 0.790. The molecule has 0 saturated heterocycles. The average Bonchev–Trinajstić information content (AvgIpc) is 2.53. The van der Waals surface area contributed by atoms with Crippen LogP contribution in [-0.2, 0) is 11.3 Å². The minimum Gasteiger partial charge on any atom is -0.450 e. The Labute approximate surface area is 134 Å². The van der Waals surface area contributed by atoms with Gasteiger partial charge in [0.15, 0.2) is 0 Å². The molecule has 1 heterocycles. The highest BCUT2D eigenvalue weighted by molar-refractivity contribution is 5.92. The first-order valence-corrected chi connectivity index (χ1v) is 7.47. The molecular formula is C16H20N4O3. The molecule has 0 atom stereocenters. The smallest absolute Gasteiger partial charge is 0.407 e. The van der Waals surface area contributed by atoms with Crippen molar-refractivity contribution < 1.29 is 14.3 Å². The average molecular weight is 316 g/mol. The molecule has 1 aromatic heterocycles. The number of aromatic nitrogens is 1. The summed E-state index contributed by atoms with van der Waals surface area (Å²) >= 11 is 0. The highest BCUT2D eigenvalue weighted by Crippen LogP contribution is 2.20. The lowest BCUT2D eigenvalue weighted by Crippen LogP contribution is -2.28. The maximum Gasteiger partial charge on any atom is 0.407 e. The number of hydrogen-bond donors (Lipinski definition) is 3. The third-order valence-corrected chi connectivity index (χ3v) is 3.13. The Balaban J connectivity index is 2.15. The SMILES string of the molecule is CCNC(=O)Nc1cc2cccc(CNC(=O)OCC)c2cn1. The van der Waals surface area contributed by atoms with Crippen LogP contribution < -0.4 is 16.0 Å². The Morgan fingerprint density at radius 2 is 2.04 bits per heavy atom. The lowest BCUT2D eigenvalue weighted by atomic mass is 10.1. The van der Waals surface area contributed by atoms with Crippen molar-refractivity contribution in [2.24, 2.45) is 0 Å². The molecule has 0 aliphatic carbocycles. The highest BCUT2D eigenvalue weighted by atomic mass is 16.5. The van der Waals surface area contributed by atoms with E-state index in [2.05, 4.69) is 20.9 Å². The lowest BCUT2D eigenvalue weighted by molar-refractivity contribution is 0.151. The van der Waals surface area contributed by atoms with E-state index in [4.69, 9.17) is 4.74 Å². The van der Waals surface area contributed by atoms with Gasteiger partial charge in [-0.3, -0.25) is 5.32 Å². The summed E-state index contributed by atoms with van der Waals surface area (Å²) in [6.07, 6.45) is 1.23. The predicted octanol–water partition coefficient (Wildman–Crippen LogP) is 2.62. The van der Waals surface area contributed by atoms with Gasteiger partial charge in [-0.1, -0.05) is 18.2 Å². The summed E-state index contributed by atoms with van der Waals surface area (Å²) < 4.78 is 4.84. The van der Waals surface area contributed by atoms with Crippen molar-refractivity contribution in [1.29, 1.82) is 0 Å².